The lowest BCUT2D eigenvalue weighted by molar-refractivity contribution is -0.147. The van der Waals surface area contributed by atoms with Gasteiger partial charge in [0.1, 0.15) is 0 Å². The topological polar surface area (TPSA) is 37.4 Å². The molecule has 13 heavy (non-hydrogen) atoms. The summed E-state index contributed by atoms with van der Waals surface area (Å²) >= 11 is 0. The summed E-state index contributed by atoms with van der Waals surface area (Å²) in [4.78, 5) is 24.3. The highest BCUT2D eigenvalue weighted by atomic mass is 16.2. The van der Waals surface area contributed by atoms with Gasteiger partial charge in [0.2, 0.25) is 5.91 Å². The zero-order valence-electron chi connectivity index (χ0n) is 8.17. The molecule has 2 amide bonds. The minimum atomic E-state index is -0.225. The second-order valence-electron chi connectivity index (χ2n) is 3.59. The number of carbonyl (C=O) groups is 2. The smallest absolute Gasteiger partial charge is 0.255 e. The third-order valence-corrected chi connectivity index (χ3v) is 2.31. The highest BCUT2D eigenvalue weighted by Crippen LogP contribution is 2.19. The van der Waals surface area contributed by atoms with Crippen LogP contribution in [0, 0.1) is 0 Å². The van der Waals surface area contributed by atoms with E-state index in [2.05, 4.69) is 6.58 Å². The fraction of sp³-hybridized carbons (Fsp3) is 0.600. The maximum Gasteiger partial charge on any atom is 0.255 e. The molecule has 3 heteroatoms. The minimum absolute atomic E-state index is 0.0328. The van der Waals surface area contributed by atoms with Crippen molar-refractivity contribution < 1.29 is 9.59 Å². The summed E-state index contributed by atoms with van der Waals surface area (Å²) in [6.07, 6.45) is 2.29. The van der Waals surface area contributed by atoms with Gasteiger partial charge in [0.05, 0.1) is 0 Å². The highest BCUT2D eigenvalue weighted by Gasteiger charge is 2.29. The van der Waals surface area contributed by atoms with Gasteiger partial charge < -0.3 is 0 Å². The summed E-state index contributed by atoms with van der Waals surface area (Å²) in [5.41, 5.74) is 0.432. The maximum atomic E-state index is 11.5. The summed E-state index contributed by atoms with van der Waals surface area (Å²) in [6.45, 7) is 7.09. The first-order chi connectivity index (χ1) is 6.04. The number of carbonyl (C=O) groups excluding carboxylic acids is 2. The largest absolute Gasteiger partial charge is 0.276 e. The van der Waals surface area contributed by atoms with Crippen molar-refractivity contribution in [3.63, 3.8) is 0 Å². The molecule has 1 atom stereocenters. The Morgan fingerprint density at radius 1 is 1.62 bits per heavy atom. The van der Waals surface area contributed by atoms with Gasteiger partial charge in [-0.2, -0.15) is 0 Å². The van der Waals surface area contributed by atoms with Crippen LogP contribution in [0.3, 0.4) is 0 Å². The molecule has 0 aromatic rings. The van der Waals surface area contributed by atoms with E-state index in [1.807, 2.05) is 6.92 Å². The number of amides is 2. The van der Waals surface area contributed by atoms with Gasteiger partial charge in [0.15, 0.2) is 0 Å². The van der Waals surface area contributed by atoms with Gasteiger partial charge in [-0.1, -0.05) is 6.58 Å². The molecule has 0 radical (unpaired) electrons. The molecule has 0 saturated carbocycles. The molecule has 1 saturated heterocycles. The molecule has 0 N–H and O–H groups in total. The van der Waals surface area contributed by atoms with Gasteiger partial charge >= 0.3 is 0 Å². The lowest BCUT2D eigenvalue weighted by atomic mass is 10.0. The number of likely N-dealkylation sites (tertiary alicyclic amines) is 1. The molecule has 1 unspecified atom stereocenters. The Morgan fingerprint density at radius 2 is 2.23 bits per heavy atom. The van der Waals surface area contributed by atoms with Gasteiger partial charge in [0.25, 0.3) is 5.91 Å². The van der Waals surface area contributed by atoms with E-state index in [1.54, 1.807) is 6.92 Å². The van der Waals surface area contributed by atoms with Gasteiger partial charge in [-0.3, -0.25) is 14.5 Å². The first-order valence-corrected chi connectivity index (χ1v) is 4.56. The van der Waals surface area contributed by atoms with Crippen LogP contribution in [0.2, 0.25) is 0 Å². The predicted molar refractivity (Wildman–Crippen MR) is 50.0 cm³/mol. The predicted octanol–water partition coefficient (Wildman–Crippen LogP) is 1.49. The van der Waals surface area contributed by atoms with Crippen LogP contribution in [0.15, 0.2) is 12.2 Å². The average Bonchev–Trinajstić information content (AvgIpc) is 2.03. The molecule has 0 bridgehead atoms. The summed E-state index contributed by atoms with van der Waals surface area (Å²) in [5, 5.41) is 0. The van der Waals surface area contributed by atoms with E-state index in [0.717, 1.165) is 12.8 Å². The highest BCUT2D eigenvalue weighted by molar-refractivity contribution is 6.04. The molecule has 0 aromatic carbocycles. The van der Waals surface area contributed by atoms with Crippen LogP contribution in [0.25, 0.3) is 0 Å². The van der Waals surface area contributed by atoms with Crippen LogP contribution >= 0.6 is 0 Å². The van der Waals surface area contributed by atoms with Gasteiger partial charge in [-0.25, -0.2) is 0 Å². The minimum Gasteiger partial charge on any atom is -0.276 e. The number of nitrogens with zero attached hydrogens (tertiary/aromatic N) is 1. The molecule has 72 valence electrons. The van der Waals surface area contributed by atoms with Gasteiger partial charge in [0, 0.05) is 18.0 Å². The summed E-state index contributed by atoms with van der Waals surface area (Å²) < 4.78 is 0. The summed E-state index contributed by atoms with van der Waals surface area (Å²) in [6, 6.07) is 0.0328. The fourth-order valence-corrected chi connectivity index (χ4v) is 1.56. The molecular weight excluding hydrogens is 166 g/mol. The van der Waals surface area contributed by atoms with E-state index >= 15 is 0 Å². The number of rotatable bonds is 1. The van der Waals surface area contributed by atoms with Crippen LogP contribution in [-0.2, 0) is 9.59 Å². The Kier molecular flexibility index (Phi) is 2.86. The SMILES string of the molecule is C=C(C)C(=O)N1C(=O)CCCC1C. The van der Waals surface area contributed by atoms with E-state index in [-0.39, 0.29) is 17.9 Å². The number of imide groups is 1. The van der Waals surface area contributed by atoms with Crippen molar-refractivity contribution in [1.29, 1.82) is 0 Å². The molecule has 0 aliphatic carbocycles. The van der Waals surface area contributed by atoms with Gasteiger partial charge in [-0.05, 0) is 26.7 Å². The molecule has 1 fully saturated rings. The first-order valence-electron chi connectivity index (χ1n) is 4.56. The second kappa shape index (κ2) is 3.73. The van der Waals surface area contributed by atoms with Crippen LogP contribution < -0.4 is 0 Å². The average molecular weight is 181 g/mol. The van der Waals surface area contributed by atoms with Crippen molar-refractivity contribution in [3.8, 4) is 0 Å². The van der Waals surface area contributed by atoms with Crippen molar-refractivity contribution in [3.05, 3.63) is 12.2 Å². The van der Waals surface area contributed by atoms with Crippen molar-refractivity contribution in [2.75, 3.05) is 0 Å². The third kappa shape index (κ3) is 1.97. The Bertz CT molecular complexity index is 258. The standard InChI is InChI=1S/C10H15NO2/c1-7(2)10(13)11-8(3)5-4-6-9(11)12/h8H,1,4-6H2,2-3H3. The first kappa shape index (κ1) is 9.96. The number of hydrogen-bond acceptors (Lipinski definition) is 2. The molecule has 1 aliphatic rings. The zero-order chi connectivity index (χ0) is 10.0. The molecule has 0 spiro atoms. The molecule has 0 aromatic heterocycles. The Balaban J connectivity index is 2.80. The van der Waals surface area contributed by atoms with Gasteiger partial charge in [-0.15, -0.1) is 0 Å². The van der Waals surface area contributed by atoms with Crippen molar-refractivity contribution in [2.45, 2.75) is 39.2 Å². The van der Waals surface area contributed by atoms with E-state index in [1.165, 1.54) is 4.90 Å². The van der Waals surface area contributed by atoms with Crippen molar-refractivity contribution in [2.24, 2.45) is 0 Å². The molecule has 1 heterocycles. The van der Waals surface area contributed by atoms with Crippen LogP contribution in [0.1, 0.15) is 33.1 Å². The monoisotopic (exact) mass is 181 g/mol. The zero-order valence-corrected chi connectivity index (χ0v) is 8.17. The quantitative estimate of drug-likeness (QED) is 0.575. The van der Waals surface area contributed by atoms with E-state index in [4.69, 9.17) is 0 Å². The summed E-state index contributed by atoms with van der Waals surface area (Å²) in [7, 11) is 0. The Hall–Kier alpha value is -1.12. The van der Waals surface area contributed by atoms with Crippen LogP contribution in [0.5, 0.6) is 0 Å². The van der Waals surface area contributed by atoms with E-state index in [9.17, 15) is 9.59 Å². The van der Waals surface area contributed by atoms with Crippen LogP contribution in [0.4, 0.5) is 0 Å². The van der Waals surface area contributed by atoms with Crippen LogP contribution in [-0.4, -0.2) is 22.8 Å². The fourth-order valence-electron chi connectivity index (χ4n) is 1.56. The Morgan fingerprint density at radius 3 is 2.69 bits per heavy atom. The molecule has 1 aliphatic heterocycles. The molecular formula is C10H15NO2. The number of piperidine rings is 1. The second-order valence-corrected chi connectivity index (χ2v) is 3.59. The van der Waals surface area contributed by atoms with E-state index in [0.29, 0.717) is 12.0 Å². The normalized spacial score (nSPS) is 23.1. The maximum absolute atomic E-state index is 11.5. The van der Waals surface area contributed by atoms with Crippen molar-refractivity contribution in [1.82, 2.24) is 4.90 Å². The summed E-state index contributed by atoms with van der Waals surface area (Å²) in [5.74, 6) is -0.288. The van der Waals surface area contributed by atoms with E-state index < -0.39 is 0 Å². The number of hydrogen-bond donors (Lipinski definition) is 0. The molecule has 3 nitrogen and oxygen atoms in total. The molecule has 1 rings (SSSR count). The third-order valence-electron chi connectivity index (χ3n) is 2.31. The lowest BCUT2D eigenvalue weighted by Gasteiger charge is -2.31. The Labute approximate surface area is 78.4 Å². The van der Waals surface area contributed by atoms with Crippen molar-refractivity contribution >= 4 is 11.8 Å². The lowest BCUT2D eigenvalue weighted by Crippen LogP contribution is -2.46.